The first-order valence-corrected chi connectivity index (χ1v) is 8.35. The van der Waals surface area contributed by atoms with Gasteiger partial charge >= 0.3 is 5.97 Å². The Balaban J connectivity index is 1.95. The zero-order valence-corrected chi connectivity index (χ0v) is 14.5. The van der Waals surface area contributed by atoms with Crippen molar-refractivity contribution in [2.45, 2.75) is 26.6 Å². The molecule has 0 aliphatic carbocycles. The molecule has 1 unspecified atom stereocenters. The number of ether oxygens (including phenoxy) is 1. The molecule has 0 amide bonds. The lowest BCUT2D eigenvalue weighted by Crippen LogP contribution is -2.39. The molecule has 4 nitrogen and oxygen atoms in total. The zero-order chi connectivity index (χ0) is 17.1. The first kappa shape index (κ1) is 16.5. The second kappa shape index (κ2) is 7.05. The quantitative estimate of drug-likeness (QED) is 0.861. The lowest BCUT2D eigenvalue weighted by molar-refractivity contribution is 0.0600. The van der Waals surface area contributed by atoms with Crippen LogP contribution in [-0.2, 0) is 11.3 Å². The van der Waals surface area contributed by atoms with Crippen LogP contribution in [-0.4, -0.2) is 24.5 Å². The average Bonchev–Trinajstić information content (AvgIpc) is 2.60. The van der Waals surface area contributed by atoms with Crippen LogP contribution in [0, 0.1) is 5.92 Å². The van der Waals surface area contributed by atoms with E-state index in [1.54, 1.807) is 0 Å². The molecule has 1 atom stereocenters. The van der Waals surface area contributed by atoms with E-state index in [0.29, 0.717) is 11.5 Å². The highest BCUT2D eigenvalue weighted by atomic mass is 16.5. The Kier molecular flexibility index (Phi) is 4.86. The van der Waals surface area contributed by atoms with Gasteiger partial charge in [-0.05, 0) is 29.2 Å². The first-order chi connectivity index (χ1) is 11.6. The van der Waals surface area contributed by atoms with Crippen molar-refractivity contribution >= 4 is 11.7 Å². The number of fused-ring (bicyclic) bond motifs is 1. The molecule has 0 bridgehead atoms. The van der Waals surface area contributed by atoms with Crippen LogP contribution in [0.5, 0.6) is 0 Å². The fourth-order valence-electron chi connectivity index (χ4n) is 3.21. The van der Waals surface area contributed by atoms with Crippen molar-refractivity contribution in [2.75, 3.05) is 19.0 Å². The summed E-state index contributed by atoms with van der Waals surface area (Å²) in [5.41, 5.74) is 4.02. The summed E-state index contributed by atoms with van der Waals surface area (Å²) in [6, 6.07) is 16.2. The first-order valence-electron chi connectivity index (χ1n) is 8.35. The predicted octanol–water partition coefficient (Wildman–Crippen LogP) is 4.06. The molecule has 1 N–H and O–H groups in total. The highest BCUT2D eigenvalue weighted by Crippen LogP contribution is 2.34. The minimum atomic E-state index is -0.305. The van der Waals surface area contributed by atoms with Crippen molar-refractivity contribution < 1.29 is 9.53 Å². The van der Waals surface area contributed by atoms with Gasteiger partial charge in [-0.2, -0.15) is 0 Å². The number of hydrogen-bond donors (Lipinski definition) is 1. The smallest absolute Gasteiger partial charge is 0.337 e. The number of carbonyl (C=O) groups is 1. The standard InChI is InChI=1S/C20H24N2O2/c1-14(2)12-22-13-17-10-9-16(20(23)24-3)11-18(17)21-19(22)15-7-5-4-6-8-15/h4-11,14,19,21H,12-13H2,1-3H3. The van der Waals surface area contributed by atoms with Crippen LogP contribution in [0.1, 0.15) is 41.5 Å². The number of rotatable bonds is 4. The molecule has 24 heavy (non-hydrogen) atoms. The maximum absolute atomic E-state index is 11.8. The van der Waals surface area contributed by atoms with Crippen molar-refractivity contribution in [1.82, 2.24) is 4.90 Å². The average molecular weight is 324 g/mol. The van der Waals surface area contributed by atoms with Gasteiger partial charge < -0.3 is 10.1 Å². The normalized spacial score (nSPS) is 17.2. The van der Waals surface area contributed by atoms with Gasteiger partial charge in [0.1, 0.15) is 6.17 Å². The maximum Gasteiger partial charge on any atom is 0.337 e. The zero-order valence-electron chi connectivity index (χ0n) is 14.5. The lowest BCUT2D eigenvalue weighted by atomic mass is 10.0. The molecule has 0 radical (unpaired) electrons. The molecule has 1 heterocycles. The minimum absolute atomic E-state index is 0.106. The molecule has 2 aromatic rings. The number of hydrogen-bond acceptors (Lipinski definition) is 4. The Morgan fingerprint density at radius 2 is 2.00 bits per heavy atom. The third-order valence-electron chi connectivity index (χ3n) is 4.28. The minimum Gasteiger partial charge on any atom is -0.465 e. The Bertz CT molecular complexity index is 713. The molecule has 2 aromatic carbocycles. The van der Waals surface area contributed by atoms with Crippen LogP contribution in [0.2, 0.25) is 0 Å². The van der Waals surface area contributed by atoms with E-state index < -0.39 is 0 Å². The highest BCUT2D eigenvalue weighted by Gasteiger charge is 2.27. The van der Waals surface area contributed by atoms with E-state index in [9.17, 15) is 4.79 Å². The topological polar surface area (TPSA) is 41.6 Å². The molecule has 0 saturated heterocycles. The van der Waals surface area contributed by atoms with Crippen LogP contribution in [0.25, 0.3) is 0 Å². The third kappa shape index (κ3) is 3.44. The Labute approximate surface area is 143 Å². The number of anilines is 1. The number of nitrogens with one attached hydrogen (secondary N) is 1. The van der Waals surface area contributed by atoms with E-state index in [0.717, 1.165) is 18.8 Å². The van der Waals surface area contributed by atoms with Crippen LogP contribution in [0.3, 0.4) is 0 Å². The molecule has 0 aromatic heterocycles. The molecule has 0 fully saturated rings. The van der Waals surface area contributed by atoms with E-state index in [4.69, 9.17) is 4.74 Å². The monoisotopic (exact) mass is 324 g/mol. The molecular formula is C20H24N2O2. The van der Waals surface area contributed by atoms with Crippen LogP contribution >= 0.6 is 0 Å². The van der Waals surface area contributed by atoms with Crippen molar-refractivity contribution in [2.24, 2.45) is 5.92 Å². The van der Waals surface area contributed by atoms with E-state index in [1.165, 1.54) is 18.2 Å². The number of benzene rings is 2. The molecule has 1 aliphatic heterocycles. The highest BCUT2D eigenvalue weighted by molar-refractivity contribution is 5.90. The molecule has 4 heteroatoms. The molecular weight excluding hydrogens is 300 g/mol. The van der Waals surface area contributed by atoms with Gasteiger partial charge in [0.25, 0.3) is 0 Å². The van der Waals surface area contributed by atoms with Crippen LogP contribution in [0.15, 0.2) is 48.5 Å². The summed E-state index contributed by atoms with van der Waals surface area (Å²) >= 11 is 0. The van der Waals surface area contributed by atoms with Gasteiger partial charge in [-0.1, -0.05) is 50.2 Å². The molecule has 0 saturated carbocycles. The summed E-state index contributed by atoms with van der Waals surface area (Å²) < 4.78 is 4.84. The van der Waals surface area contributed by atoms with Gasteiger partial charge in [-0.25, -0.2) is 4.79 Å². The van der Waals surface area contributed by atoms with Gasteiger partial charge in [0.15, 0.2) is 0 Å². The van der Waals surface area contributed by atoms with E-state index in [-0.39, 0.29) is 12.1 Å². The molecule has 3 rings (SSSR count). The van der Waals surface area contributed by atoms with Gasteiger partial charge in [-0.15, -0.1) is 0 Å². The Hall–Kier alpha value is -2.33. The second-order valence-electron chi connectivity index (χ2n) is 6.64. The summed E-state index contributed by atoms with van der Waals surface area (Å²) in [5, 5.41) is 3.61. The van der Waals surface area contributed by atoms with Crippen LogP contribution < -0.4 is 5.32 Å². The number of nitrogens with zero attached hydrogens (tertiary/aromatic N) is 1. The molecule has 126 valence electrons. The summed E-state index contributed by atoms with van der Waals surface area (Å²) in [6.45, 7) is 6.34. The molecule has 0 spiro atoms. The number of carbonyl (C=O) groups excluding carboxylic acids is 1. The fraction of sp³-hybridized carbons (Fsp3) is 0.350. The van der Waals surface area contributed by atoms with Gasteiger partial charge in [0.05, 0.1) is 12.7 Å². The molecule has 1 aliphatic rings. The SMILES string of the molecule is COC(=O)c1ccc2c(c1)NC(c1ccccc1)N(CC(C)C)C2. The van der Waals surface area contributed by atoms with Gasteiger partial charge in [0, 0.05) is 18.8 Å². The fourth-order valence-corrected chi connectivity index (χ4v) is 3.21. The van der Waals surface area contributed by atoms with Crippen molar-refractivity contribution in [3.63, 3.8) is 0 Å². The summed E-state index contributed by atoms with van der Waals surface area (Å²) in [6.07, 6.45) is 0.106. The van der Waals surface area contributed by atoms with E-state index in [1.807, 2.05) is 24.3 Å². The predicted molar refractivity (Wildman–Crippen MR) is 95.8 cm³/mol. The van der Waals surface area contributed by atoms with Crippen molar-refractivity contribution in [3.05, 3.63) is 65.2 Å². The summed E-state index contributed by atoms with van der Waals surface area (Å²) in [5.74, 6) is 0.273. The van der Waals surface area contributed by atoms with E-state index >= 15 is 0 Å². The lowest BCUT2D eigenvalue weighted by Gasteiger charge is -2.39. The van der Waals surface area contributed by atoms with Crippen molar-refractivity contribution in [3.8, 4) is 0 Å². The van der Waals surface area contributed by atoms with Crippen LogP contribution in [0.4, 0.5) is 5.69 Å². The van der Waals surface area contributed by atoms with Gasteiger partial charge in [0.2, 0.25) is 0 Å². The summed E-state index contributed by atoms with van der Waals surface area (Å²) in [7, 11) is 1.41. The number of methoxy groups -OCH3 is 1. The summed E-state index contributed by atoms with van der Waals surface area (Å²) in [4.78, 5) is 14.2. The third-order valence-corrected chi connectivity index (χ3v) is 4.28. The largest absolute Gasteiger partial charge is 0.465 e. The van der Waals surface area contributed by atoms with Crippen molar-refractivity contribution in [1.29, 1.82) is 0 Å². The maximum atomic E-state index is 11.8. The Morgan fingerprint density at radius 1 is 1.25 bits per heavy atom. The number of esters is 1. The Morgan fingerprint density at radius 3 is 2.67 bits per heavy atom. The van der Waals surface area contributed by atoms with Gasteiger partial charge in [-0.3, -0.25) is 4.90 Å². The van der Waals surface area contributed by atoms with E-state index in [2.05, 4.69) is 48.3 Å². The second-order valence-corrected chi connectivity index (χ2v) is 6.64.